The van der Waals surface area contributed by atoms with Crippen molar-refractivity contribution in [1.29, 1.82) is 5.41 Å². The van der Waals surface area contributed by atoms with Gasteiger partial charge in [0.1, 0.15) is 11.7 Å². The van der Waals surface area contributed by atoms with E-state index >= 15 is 0 Å². The largest absolute Gasteiger partial charge is 0.384 e. The number of hydrogen-bond acceptors (Lipinski definition) is 2. The van der Waals surface area contributed by atoms with E-state index in [1.807, 2.05) is 36.2 Å². The maximum atomic E-state index is 14.0. The summed E-state index contributed by atoms with van der Waals surface area (Å²) in [6, 6.07) is 12.2. The van der Waals surface area contributed by atoms with Gasteiger partial charge in [-0.25, -0.2) is 4.39 Å². The lowest BCUT2D eigenvalue weighted by atomic mass is 10.1. The third-order valence-corrected chi connectivity index (χ3v) is 3.57. The first-order chi connectivity index (χ1) is 9.97. The summed E-state index contributed by atoms with van der Waals surface area (Å²) in [6.07, 6.45) is 0. The van der Waals surface area contributed by atoms with Crippen molar-refractivity contribution >= 4 is 17.4 Å². The molecule has 2 aromatic carbocycles. The molecule has 3 nitrogen and oxygen atoms in total. The molecule has 0 saturated heterocycles. The van der Waals surface area contributed by atoms with Gasteiger partial charge in [0.2, 0.25) is 0 Å². The van der Waals surface area contributed by atoms with Crippen molar-refractivity contribution in [2.24, 2.45) is 5.73 Å². The molecule has 0 aliphatic rings. The number of nitrogen functional groups attached to an aromatic ring is 1. The van der Waals surface area contributed by atoms with Gasteiger partial charge in [-0.15, -0.1) is 0 Å². The highest BCUT2D eigenvalue weighted by atomic mass is 35.5. The van der Waals surface area contributed by atoms with E-state index < -0.39 is 0 Å². The molecule has 110 valence electrons. The molecule has 5 heteroatoms. The Morgan fingerprint density at radius 1 is 1.19 bits per heavy atom. The SMILES string of the molecule is CN(Cc1ccc(C(=N)N)cc1F)Cc1ccccc1Cl. The quantitative estimate of drug-likeness (QED) is 0.657. The van der Waals surface area contributed by atoms with Crippen molar-refractivity contribution < 1.29 is 4.39 Å². The van der Waals surface area contributed by atoms with Crippen LogP contribution in [0.5, 0.6) is 0 Å². The van der Waals surface area contributed by atoms with Crippen LogP contribution in [0.4, 0.5) is 4.39 Å². The molecule has 0 atom stereocenters. The predicted molar refractivity (Wildman–Crippen MR) is 84.0 cm³/mol. The van der Waals surface area contributed by atoms with Crippen molar-refractivity contribution in [2.75, 3.05) is 7.05 Å². The number of hydrogen-bond donors (Lipinski definition) is 2. The molecule has 0 radical (unpaired) electrons. The minimum Gasteiger partial charge on any atom is -0.384 e. The lowest BCUT2D eigenvalue weighted by Gasteiger charge is -2.18. The second kappa shape index (κ2) is 6.70. The fraction of sp³-hybridized carbons (Fsp3) is 0.188. The van der Waals surface area contributed by atoms with Gasteiger partial charge in [0.25, 0.3) is 0 Å². The lowest BCUT2D eigenvalue weighted by Crippen LogP contribution is -2.19. The van der Waals surface area contributed by atoms with Crippen LogP contribution in [0.2, 0.25) is 5.02 Å². The second-order valence-corrected chi connectivity index (χ2v) is 5.39. The van der Waals surface area contributed by atoms with Crippen LogP contribution in [-0.2, 0) is 13.1 Å². The van der Waals surface area contributed by atoms with Gasteiger partial charge < -0.3 is 5.73 Å². The zero-order valence-corrected chi connectivity index (χ0v) is 12.5. The van der Waals surface area contributed by atoms with E-state index in [0.29, 0.717) is 29.2 Å². The number of amidine groups is 1. The van der Waals surface area contributed by atoms with Crippen LogP contribution in [0.25, 0.3) is 0 Å². The first-order valence-electron chi connectivity index (χ1n) is 6.52. The average Bonchev–Trinajstić information content (AvgIpc) is 2.43. The van der Waals surface area contributed by atoms with Gasteiger partial charge in [-0.05, 0) is 24.7 Å². The van der Waals surface area contributed by atoms with Gasteiger partial charge in [0, 0.05) is 29.2 Å². The summed E-state index contributed by atoms with van der Waals surface area (Å²) < 4.78 is 14.0. The summed E-state index contributed by atoms with van der Waals surface area (Å²) >= 11 is 6.12. The molecule has 0 heterocycles. The average molecular weight is 306 g/mol. The monoisotopic (exact) mass is 305 g/mol. The summed E-state index contributed by atoms with van der Waals surface area (Å²) in [5.74, 6) is -0.487. The molecule has 0 amide bonds. The van der Waals surface area contributed by atoms with Gasteiger partial charge in [-0.3, -0.25) is 10.3 Å². The molecule has 0 bridgehead atoms. The Labute approximate surface area is 128 Å². The Balaban J connectivity index is 2.08. The Morgan fingerprint density at radius 3 is 2.48 bits per heavy atom. The molecular formula is C16H17ClFN3. The summed E-state index contributed by atoms with van der Waals surface area (Å²) in [6.45, 7) is 1.09. The zero-order chi connectivity index (χ0) is 15.4. The Morgan fingerprint density at radius 2 is 1.86 bits per heavy atom. The van der Waals surface area contributed by atoms with E-state index in [4.69, 9.17) is 22.7 Å². The number of nitrogens with one attached hydrogen (secondary N) is 1. The van der Waals surface area contributed by atoms with Gasteiger partial charge in [-0.1, -0.05) is 41.9 Å². The number of benzene rings is 2. The second-order valence-electron chi connectivity index (χ2n) is 4.98. The van der Waals surface area contributed by atoms with E-state index in [1.165, 1.54) is 6.07 Å². The van der Waals surface area contributed by atoms with Crippen molar-refractivity contribution in [3.63, 3.8) is 0 Å². The molecule has 0 unspecified atom stereocenters. The smallest absolute Gasteiger partial charge is 0.128 e. The Bertz CT molecular complexity index is 658. The standard InChI is InChI=1S/C16H17ClFN3/c1-21(9-12-4-2-3-5-14(12)17)10-13-7-6-11(16(19)20)8-15(13)18/h2-8H,9-10H2,1H3,(H3,19,20). The van der Waals surface area contributed by atoms with Crippen LogP contribution in [0.3, 0.4) is 0 Å². The molecule has 3 N–H and O–H groups in total. The number of rotatable bonds is 5. The molecule has 2 rings (SSSR count). The molecule has 21 heavy (non-hydrogen) atoms. The van der Waals surface area contributed by atoms with Crippen molar-refractivity contribution in [2.45, 2.75) is 13.1 Å². The molecule has 0 aliphatic carbocycles. The van der Waals surface area contributed by atoms with E-state index in [0.717, 1.165) is 5.56 Å². The summed E-state index contributed by atoms with van der Waals surface area (Å²) in [5, 5.41) is 8.01. The summed E-state index contributed by atoms with van der Waals surface area (Å²) in [5.41, 5.74) is 7.30. The van der Waals surface area contributed by atoms with Crippen molar-refractivity contribution in [3.8, 4) is 0 Å². The Hall–Kier alpha value is -1.91. The number of nitrogens with zero attached hydrogens (tertiary/aromatic N) is 1. The molecule has 0 saturated carbocycles. The summed E-state index contributed by atoms with van der Waals surface area (Å²) in [4.78, 5) is 1.98. The third-order valence-electron chi connectivity index (χ3n) is 3.20. The van der Waals surface area contributed by atoms with Crippen LogP contribution >= 0.6 is 11.6 Å². The van der Waals surface area contributed by atoms with Crippen LogP contribution in [0, 0.1) is 11.2 Å². The van der Waals surface area contributed by atoms with Gasteiger partial charge in [-0.2, -0.15) is 0 Å². The lowest BCUT2D eigenvalue weighted by molar-refractivity contribution is 0.313. The van der Waals surface area contributed by atoms with Crippen molar-refractivity contribution in [3.05, 3.63) is 70.0 Å². The maximum absolute atomic E-state index is 14.0. The first-order valence-corrected chi connectivity index (χ1v) is 6.90. The van der Waals surface area contributed by atoms with Crippen LogP contribution in [0.1, 0.15) is 16.7 Å². The Kier molecular flexibility index (Phi) is 4.94. The topological polar surface area (TPSA) is 53.1 Å². The highest BCUT2D eigenvalue weighted by Crippen LogP contribution is 2.18. The highest BCUT2D eigenvalue weighted by Gasteiger charge is 2.09. The first kappa shape index (κ1) is 15.5. The molecule has 0 aromatic heterocycles. The van der Waals surface area contributed by atoms with Gasteiger partial charge >= 0.3 is 0 Å². The number of nitrogens with two attached hydrogens (primary N) is 1. The maximum Gasteiger partial charge on any atom is 0.128 e. The fourth-order valence-corrected chi connectivity index (χ4v) is 2.30. The normalized spacial score (nSPS) is 10.9. The van der Waals surface area contributed by atoms with Crippen LogP contribution < -0.4 is 5.73 Å². The van der Waals surface area contributed by atoms with Crippen LogP contribution in [0.15, 0.2) is 42.5 Å². The zero-order valence-electron chi connectivity index (χ0n) is 11.7. The predicted octanol–water partition coefficient (Wildman–Crippen LogP) is 3.40. The highest BCUT2D eigenvalue weighted by molar-refractivity contribution is 6.31. The summed E-state index contributed by atoms with van der Waals surface area (Å²) in [7, 11) is 1.90. The van der Waals surface area contributed by atoms with E-state index in [2.05, 4.69) is 0 Å². The van der Waals surface area contributed by atoms with E-state index in [9.17, 15) is 4.39 Å². The van der Waals surface area contributed by atoms with Crippen molar-refractivity contribution in [1.82, 2.24) is 4.90 Å². The molecule has 0 fully saturated rings. The minimum atomic E-state index is -0.353. The molecule has 0 aliphatic heterocycles. The van der Waals surface area contributed by atoms with Crippen LogP contribution in [-0.4, -0.2) is 17.8 Å². The van der Waals surface area contributed by atoms with E-state index in [1.54, 1.807) is 12.1 Å². The third kappa shape index (κ3) is 4.03. The van der Waals surface area contributed by atoms with Gasteiger partial charge in [0.15, 0.2) is 0 Å². The fourth-order valence-electron chi connectivity index (χ4n) is 2.11. The minimum absolute atomic E-state index is 0.134. The van der Waals surface area contributed by atoms with E-state index in [-0.39, 0.29) is 11.7 Å². The molecular weight excluding hydrogens is 289 g/mol. The molecule has 2 aromatic rings. The van der Waals surface area contributed by atoms with Gasteiger partial charge in [0.05, 0.1) is 0 Å². The number of halogens is 2. The molecule has 0 spiro atoms.